The number of nitriles is 1. The molecule has 1 atom stereocenters. The number of benzene rings is 1. The second-order valence-corrected chi connectivity index (χ2v) is 5.64. The van der Waals surface area contributed by atoms with Crippen LogP contribution in [-0.2, 0) is 9.53 Å². The minimum absolute atomic E-state index is 0.172. The van der Waals surface area contributed by atoms with E-state index in [1.165, 1.54) is 0 Å². The van der Waals surface area contributed by atoms with Gasteiger partial charge in [0.05, 0.1) is 12.7 Å². The molecular weight excluding hydrogens is 296 g/mol. The fraction of sp³-hybridized carbons (Fsp3) is 0.471. The molecule has 1 aliphatic carbocycles. The van der Waals surface area contributed by atoms with Gasteiger partial charge in [-0.25, -0.2) is 4.79 Å². The zero-order chi connectivity index (χ0) is 16.9. The van der Waals surface area contributed by atoms with Crippen molar-refractivity contribution < 1.29 is 19.1 Å². The number of esters is 1. The Labute approximate surface area is 135 Å². The number of nitrogens with zero attached hydrogens (tertiary/aromatic N) is 1. The fourth-order valence-electron chi connectivity index (χ4n) is 2.33. The van der Waals surface area contributed by atoms with Gasteiger partial charge in [-0.3, -0.25) is 4.79 Å². The van der Waals surface area contributed by atoms with E-state index in [0.717, 1.165) is 12.8 Å². The van der Waals surface area contributed by atoms with E-state index in [2.05, 4.69) is 11.4 Å². The summed E-state index contributed by atoms with van der Waals surface area (Å²) in [5.41, 5.74) is -0.625. The Balaban J connectivity index is 1.92. The summed E-state index contributed by atoms with van der Waals surface area (Å²) in [6.45, 7) is 3.50. The molecule has 0 aromatic heterocycles. The van der Waals surface area contributed by atoms with Gasteiger partial charge < -0.3 is 14.8 Å². The maximum absolute atomic E-state index is 12.1. The average Bonchev–Trinajstić information content (AvgIpc) is 3.38. The molecule has 0 saturated heterocycles. The zero-order valence-corrected chi connectivity index (χ0v) is 13.3. The van der Waals surface area contributed by atoms with Crippen LogP contribution in [0.4, 0.5) is 0 Å². The molecule has 2 rings (SSSR count). The highest BCUT2D eigenvalue weighted by Gasteiger charge is 2.43. The van der Waals surface area contributed by atoms with Crippen LogP contribution >= 0.6 is 0 Å². The molecule has 0 aliphatic heterocycles. The van der Waals surface area contributed by atoms with Crippen molar-refractivity contribution in [3.05, 3.63) is 29.8 Å². The van der Waals surface area contributed by atoms with Gasteiger partial charge in [-0.15, -0.1) is 0 Å². The second kappa shape index (κ2) is 7.14. The predicted molar refractivity (Wildman–Crippen MR) is 82.8 cm³/mol. The highest BCUT2D eigenvalue weighted by Crippen LogP contribution is 2.39. The van der Waals surface area contributed by atoms with Gasteiger partial charge in [0.25, 0.3) is 5.91 Å². The molecule has 6 nitrogen and oxygen atoms in total. The van der Waals surface area contributed by atoms with Gasteiger partial charge >= 0.3 is 5.97 Å². The summed E-state index contributed by atoms with van der Waals surface area (Å²) in [7, 11) is 0. The number of ether oxygens (including phenoxy) is 2. The molecule has 0 bridgehead atoms. The minimum atomic E-state index is -0.896. The topological polar surface area (TPSA) is 88.4 Å². The maximum Gasteiger partial charge on any atom is 0.342 e. The van der Waals surface area contributed by atoms with Gasteiger partial charge in [0.15, 0.2) is 6.61 Å². The number of amides is 1. The first kappa shape index (κ1) is 16.8. The molecule has 0 unspecified atom stereocenters. The van der Waals surface area contributed by atoms with E-state index in [-0.39, 0.29) is 11.5 Å². The molecule has 23 heavy (non-hydrogen) atoms. The van der Waals surface area contributed by atoms with Crippen molar-refractivity contribution in [2.45, 2.75) is 32.2 Å². The van der Waals surface area contributed by atoms with Crippen LogP contribution < -0.4 is 10.1 Å². The van der Waals surface area contributed by atoms with Crippen LogP contribution in [0, 0.1) is 17.2 Å². The molecule has 0 radical (unpaired) electrons. The van der Waals surface area contributed by atoms with Gasteiger partial charge in [-0.2, -0.15) is 5.26 Å². The summed E-state index contributed by atoms with van der Waals surface area (Å²) in [6, 6.07) is 8.81. The molecular formula is C17H20N2O4. The van der Waals surface area contributed by atoms with Crippen LogP contribution in [0.3, 0.4) is 0 Å². The van der Waals surface area contributed by atoms with Crippen molar-refractivity contribution in [3.63, 3.8) is 0 Å². The highest BCUT2D eigenvalue weighted by atomic mass is 16.5. The number of rotatable bonds is 7. The largest absolute Gasteiger partial charge is 0.493 e. The molecule has 1 aromatic carbocycles. The summed E-state index contributed by atoms with van der Waals surface area (Å²) in [4.78, 5) is 24.0. The van der Waals surface area contributed by atoms with Crippen LogP contribution in [-0.4, -0.2) is 30.6 Å². The monoisotopic (exact) mass is 316 g/mol. The van der Waals surface area contributed by atoms with Gasteiger partial charge in [0.1, 0.15) is 16.9 Å². The first-order chi connectivity index (χ1) is 11.0. The Morgan fingerprint density at radius 1 is 1.39 bits per heavy atom. The van der Waals surface area contributed by atoms with Crippen molar-refractivity contribution in [3.8, 4) is 11.8 Å². The third-order valence-electron chi connectivity index (χ3n) is 3.77. The van der Waals surface area contributed by atoms with Crippen molar-refractivity contribution in [1.29, 1.82) is 5.26 Å². The van der Waals surface area contributed by atoms with Gasteiger partial charge in [0, 0.05) is 0 Å². The number of carbonyl (C=O) groups is 2. The number of hydrogen-bond acceptors (Lipinski definition) is 5. The molecule has 1 aromatic rings. The van der Waals surface area contributed by atoms with E-state index in [1.54, 1.807) is 31.2 Å². The summed E-state index contributed by atoms with van der Waals surface area (Å²) in [6.07, 6.45) is 1.84. The van der Waals surface area contributed by atoms with Gasteiger partial charge in [0.2, 0.25) is 0 Å². The van der Waals surface area contributed by atoms with E-state index in [4.69, 9.17) is 9.47 Å². The predicted octanol–water partition coefficient (Wildman–Crippen LogP) is 2.05. The highest BCUT2D eigenvalue weighted by molar-refractivity contribution is 5.94. The standard InChI is InChI=1S/C17H20N2O4/c1-3-22-14-7-5-4-6-13(14)16(21)23-10-15(20)19-17(2,11-18)12-8-9-12/h4-7,12H,3,8-10H2,1-2H3,(H,19,20)/t17-/m0/s1. The SMILES string of the molecule is CCOc1ccccc1C(=O)OCC(=O)N[C@@](C)(C#N)C1CC1. The average molecular weight is 316 g/mol. The smallest absolute Gasteiger partial charge is 0.342 e. The Hall–Kier alpha value is -2.55. The number of hydrogen-bond donors (Lipinski definition) is 1. The second-order valence-electron chi connectivity index (χ2n) is 5.64. The van der Waals surface area contributed by atoms with Crippen molar-refractivity contribution in [1.82, 2.24) is 5.32 Å². The summed E-state index contributed by atoms with van der Waals surface area (Å²) in [5, 5.41) is 11.8. The van der Waals surface area contributed by atoms with Crippen molar-refractivity contribution >= 4 is 11.9 Å². The lowest BCUT2D eigenvalue weighted by atomic mass is 9.98. The summed E-state index contributed by atoms with van der Waals surface area (Å²) < 4.78 is 10.4. The van der Waals surface area contributed by atoms with E-state index in [9.17, 15) is 14.9 Å². The Morgan fingerprint density at radius 2 is 2.09 bits per heavy atom. The first-order valence-corrected chi connectivity index (χ1v) is 7.61. The molecule has 0 spiro atoms. The van der Waals surface area contributed by atoms with E-state index >= 15 is 0 Å². The van der Waals surface area contributed by atoms with Crippen LogP contribution in [0.25, 0.3) is 0 Å². The zero-order valence-electron chi connectivity index (χ0n) is 13.3. The van der Waals surface area contributed by atoms with E-state index in [1.807, 2.05) is 6.92 Å². The molecule has 0 heterocycles. The Kier molecular flexibility index (Phi) is 5.22. The van der Waals surface area contributed by atoms with Crippen LogP contribution in [0.5, 0.6) is 5.75 Å². The molecule has 6 heteroatoms. The third-order valence-corrected chi connectivity index (χ3v) is 3.77. The molecule has 1 amide bonds. The van der Waals surface area contributed by atoms with E-state index in [0.29, 0.717) is 12.4 Å². The van der Waals surface area contributed by atoms with E-state index < -0.39 is 24.0 Å². The maximum atomic E-state index is 12.1. The molecule has 122 valence electrons. The minimum Gasteiger partial charge on any atom is -0.493 e. The summed E-state index contributed by atoms with van der Waals surface area (Å²) in [5.74, 6) is -0.524. The quantitative estimate of drug-likeness (QED) is 0.778. The summed E-state index contributed by atoms with van der Waals surface area (Å²) >= 11 is 0. The first-order valence-electron chi connectivity index (χ1n) is 7.61. The molecule has 1 N–H and O–H groups in total. The molecule has 1 fully saturated rings. The van der Waals surface area contributed by atoms with Crippen molar-refractivity contribution in [2.75, 3.05) is 13.2 Å². The normalized spacial score (nSPS) is 15.9. The number of carbonyl (C=O) groups excluding carboxylic acids is 2. The van der Waals surface area contributed by atoms with Crippen LogP contribution in [0.1, 0.15) is 37.0 Å². The fourth-order valence-corrected chi connectivity index (χ4v) is 2.33. The lowest BCUT2D eigenvalue weighted by Gasteiger charge is -2.22. The van der Waals surface area contributed by atoms with Gasteiger partial charge in [-0.05, 0) is 44.7 Å². The number of para-hydroxylation sites is 1. The Morgan fingerprint density at radius 3 is 2.70 bits per heavy atom. The lowest BCUT2D eigenvalue weighted by Crippen LogP contribution is -2.48. The van der Waals surface area contributed by atoms with Crippen molar-refractivity contribution in [2.24, 2.45) is 5.92 Å². The van der Waals surface area contributed by atoms with Gasteiger partial charge in [-0.1, -0.05) is 12.1 Å². The molecule has 1 saturated carbocycles. The molecule has 1 aliphatic rings. The van der Waals surface area contributed by atoms with Crippen LogP contribution in [0.2, 0.25) is 0 Å². The lowest BCUT2D eigenvalue weighted by molar-refractivity contribution is -0.125. The van der Waals surface area contributed by atoms with Crippen LogP contribution in [0.15, 0.2) is 24.3 Å². The number of nitrogens with one attached hydrogen (secondary N) is 1. The third kappa shape index (κ3) is 4.22. The Bertz CT molecular complexity index is 634.